The number of aromatic nitrogens is 6. The lowest BCUT2D eigenvalue weighted by molar-refractivity contribution is 0.102. The fraction of sp³-hybridized carbons (Fsp3) is 0.148. The molecule has 3 aromatic carbocycles. The van der Waals surface area contributed by atoms with Crippen molar-refractivity contribution >= 4 is 40.5 Å². The second-order valence-electron chi connectivity index (χ2n) is 8.82. The Kier molecular flexibility index (Phi) is 6.89. The molecule has 12 heteroatoms. The first-order valence-corrected chi connectivity index (χ1v) is 12.7. The molecule has 3 heterocycles. The molecule has 0 bridgehead atoms. The van der Waals surface area contributed by atoms with Crippen molar-refractivity contribution in [1.29, 1.82) is 0 Å². The number of benzene rings is 3. The van der Waals surface area contributed by atoms with E-state index in [2.05, 4.69) is 36.2 Å². The highest BCUT2D eigenvalue weighted by Crippen LogP contribution is 2.24. The van der Waals surface area contributed by atoms with Crippen LogP contribution in [0.15, 0.2) is 85.2 Å². The number of hydrogen-bond acceptors (Lipinski definition) is 8. The van der Waals surface area contributed by atoms with Crippen molar-refractivity contribution < 1.29 is 9.53 Å². The Morgan fingerprint density at radius 2 is 1.74 bits per heavy atom. The fourth-order valence-corrected chi connectivity index (χ4v) is 4.49. The quantitative estimate of drug-likeness (QED) is 0.313. The van der Waals surface area contributed by atoms with E-state index < -0.39 is 0 Å². The molecule has 11 nitrogen and oxygen atoms in total. The third-order valence-corrected chi connectivity index (χ3v) is 6.58. The summed E-state index contributed by atoms with van der Waals surface area (Å²) in [7, 11) is 0. The third-order valence-electron chi connectivity index (χ3n) is 6.26. The summed E-state index contributed by atoms with van der Waals surface area (Å²) in [6.07, 6.45) is 3.43. The van der Waals surface area contributed by atoms with Crippen LogP contribution in [-0.4, -0.2) is 62.2 Å². The molecule has 1 aliphatic rings. The van der Waals surface area contributed by atoms with Crippen molar-refractivity contribution in [2.45, 2.75) is 0 Å². The summed E-state index contributed by atoms with van der Waals surface area (Å²) in [5, 5.41) is 22.9. The minimum atomic E-state index is -0.208. The lowest BCUT2D eigenvalue weighted by atomic mass is 10.1. The number of nitrogens with one attached hydrogen (secondary N) is 2. The van der Waals surface area contributed by atoms with E-state index in [9.17, 15) is 4.79 Å². The molecule has 1 saturated heterocycles. The lowest BCUT2D eigenvalue weighted by Crippen LogP contribution is -2.36. The average molecular weight is 542 g/mol. The van der Waals surface area contributed by atoms with Gasteiger partial charge in [0, 0.05) is 30.0 Å². The van der Waals surface area contributed by atoms with Gasteiger partial charge in [0.15, 0.2) is 0 Å². The van der Waals surface area contributed by atoms with Crippen molar-refractivity contribution in [3.05, 3.63) is 95.8 Å². The van der Waals surface area contributed by atoms with Gasteiger partial charge in [-0.25, -0.2) is 4.68 Å². The van der Waals surface area contributed by atoms with E-state index in [0.717, 1.165) is 43.4 Å². The Bertz CT molecular complexity index is 1590. The number of morpholine rings is 1. The summed E-state index contributed by atoms with van der Waals surface area (Å²) >= 11 is 6.31. The van der Waals surface area contributed by atoms with E-state index in [-0.39, 0.29) is 5.91 Å². The molecule has 1 fully saturated rings. The summed E-state index contributed by atoms with van der Waals surface area (Å²) in [6.45, 7) is 3.18. The van der Waals surface area contributed by atoms with Crippen molar-refractivity contribution in [2.75, 3.05) is 41.8 Å². The molecule has 0 saturated carbocycles. The Morgan fingerprint density at radius 3 is 2.56 bits per heavy atom. The number of halogens is 1. The van der Waals surface area contributed by atoms with E-state index in [1.54, 1.807) is 35.3 Å². The number of amides is 1. The molecule has 6 rings (SSSR count). The third kappa shape index (κ3) is 5.44. The maximum absolute atomic E-state index is 13.0. The van der Waals surface area contributed by atoms with Gasteiger partial charge >= 0.3 is 0 Å². The number of anilines is 4. The zero-order valence-corrected chi connectivity index (χ0v) is 21.5. The predicted molar refractivity (Wildman–Crippen MR) is 148 cm³/mol. The van der Waals surface area contributed by atoms with Crippen LogP contribution in [0.1, 0.15) is 10.4 Å². The minimum absolute atomic E-state index is 0.208. The van der Waals surface area contributed by atoms with Crippen LogP contribution < -0.4 is 15.5 Å². The van der Waals surface area contributed by atoms with Crippen LogP contribution in [0.4, 0.5) is 23.0 Å². The van der Waals surface area contributed by atoms with Gasteiger partial charge in [-0.3, -0.25) is 4.79 Å². The van der Waals surface area contributed by atoms with E-state index in [4.69, 9.17) is 16.3 Å². The van der Waals surface area contributed by atoms with Crippen LogP contribution in [0.2, 0.25) is 5.02 Å². The van der Waals surface area contributed by atoms with Gasteiger partial charge in [-0.2, -0.15) is 9.78 Å². The molecule has 0 unspecified atom stereocenters. The number of hydrogen-bond donors (Lipinski definition) is 2. The van der Waals surface area contributed by atoms with Crippen molar-refractivity contribution in [3.8, 4) is 11.4 Å². The molecule has 1 amide bonds. The summed E-state index contributed by atoms with van der Waals surface area (Å²) in [6, 6.07) is 22.4. The standard InChI is InChI=1S/C27H24ClN9O2/c28-24-6-1-2-7-25(24)37-27(32-33-34-37)31-21-17-29-36(18-21)23-5-3-4-19(16-23)26(38)30-20-8-10-22(11-9-20)35-12-14-39-15-13-35/h1-11,16-18H,12-15H2,(H,30,38)(H,31,32,34). The Balaban J connectivity index is 1.14. The summed E-state index contributed by atoms with van der Waals surface area (Å²) in [5.74, 6) is 0.177. The monoisotopic (exact) mass is 541 g/mol. The van der Waals surface area contributed by atoms with Crippen LogP contribution in [0.5, 0.6) is 0 Å². The number of rotatable bonds is 7. The van der Waals surface area contributed by atoms with Gasteiger partial charge in [-0.05, 0) is 65.0 Å². The van der Waals surface area contributed by atoms with Gasteiger partial charge in [-0.1, -0.05) is 34.9 Å². The second kappa shape index (κ2) is 10.9. The first-order valence-electron chi connectivity index (χ1n) is 12.3. The number of ether oxygens (including phenoxy) is 1. The number of carbonyl (C=O) groups is 1. The molecule has 0 radical (unpaired) electrons. The predicted octanol–water partition coefficient (Wildman–Crippen LogP) is 4.33. The number of nitrogens with zero attached hydrogens (tertiary/aromatic N) is 7. The summed E-state index contributed by atoms with van der Waals surface area (Å²) < 4.78 is 8.60. The van der Waals surface area contributed by atoms with E-state index in [0.29, 0.717) is 27.9 Å². The zero-order valence-electron chi connectivity index (χ0n) is 20.7. The van der Waals surface area contributed by atoms with Crippen molar-refractivity contribution in [1.82, 2.24) is 30.0 Å². The molecule has 0 atom stereocenters. The highest BCUT2D eigenvalue weighted by molar-refractivity contribution is 6.32. The van der Waals surface area contributed by atoms with E-state index in [1.807, 2.05) is 54.6 Å². The molecule has 196 valence electrons. The van der Waals surface area contributed by atoms with Crippen LogP contribution >= 0.6 is 11.6 Å². The minimum Gasteiger partial charge on any atom is -0.378 e. The molecule has 39 heavy (non-hydrogen) atoms. The summed E-state index contributed by atoms with van der Waals surface area (Å²) in [5.41, 5.74) is 4.38. The molecule has 0 spiro atoms. The van der Waals surface area contributed by atoms with E-state index >= 15 is 0 Å². The van der Waals surface area contributed by atoms with Crippen LogP contribution in [0, 0.1) is 0 Å². The molecule has 5 aromatic rings. The van der Waals surface area contributed by atoms with Crippen molar-refractivity contribution in [2.24, 2.45) is 0 Å². The molecule has 2 aromatic heterocycles. The maximum atomic E-state index is 13.0. The number of carbonyl (C=O) groups excluding carboxylic acids is 1. The van der Waals surface area contributed by atoms with Crippen LogP contribution in [-0.2, 0) is 4.74 Å². The lowest BCUT2D eigenvalue weighted by Gasteiger charge is -2.28. The number of para-hydroxylation sites is 1. The smallest absolute Gasteiger partial charge is 0.255 e. The van der Waals surface area contributed by atoms with Gasteiger partial charge in [-0.15, -0.1) is 0 Å². The Morgan fingerprint density at radius 1 is 0.923 bits per heavy atom. The Hall–Kier alpha value is -4.74. The normalized spacial score (nSPS) is 13.3. The maximum Gasteiger partial charge on any atom is 0.255 e. The molecule has 1 aliphatic heterocycles. The molecule has 2 N–H and O–H groups in total. The SMILES string of the molecule is O=C(Nc1ccc(N2CCOCC2)cc1)c1cccc(-n2cc(Nc3nnnn3-c3ccccc3Cl)cn2)c1. The van der Waals surface area contributed by atoms with Gasteiger partial charge < -0.3 is 20.3 Å². The zero-order chi connectivity index (χ0) is 26.6. The first kappa shape index (κ1) is 24.6. The highest BCUT2D eigenvalue weighted by Gasteiger charge is 2.14. The Labute approximate surface area is 229 Å². The van der Waals surface area contributed by atoms with Gasteiger partial charge in [0.05, 0.1) is 47.7 Å². The largest absolute Gasteiger partial charge is 0.378 e. The molecular formula is C27H24ClN9O2. The van der Waals surface area contributed by atoms with Gasteiger partial charge in [0.1, 0.15) is 0 Å². The van der Waals surface area contributed by atoms with E-state index in [1.165, 1.54) is 4.68 Å². The summed E-state index contributed by atoms with van der Waals surface area (Å²) in [4.78, 5) is 15.3. The molecule has 0 aliphatic carbocycles. The van der Waals surface area contributed by atoms with Gasteiger partial charge in [0.25, 0.3) is 11.9 Å². The fourth-order valence-electron chi connectivity index (χ4n) is 4.28. The molecular weight excluding hydrogens is 518 g/mol. The number of tetrazole rings is 1. The van der Waals surface area contributed by atoms with Crippen LogP contribution in [0.3, 0.4) is 0 Å². The first-order chi connectivity index (χ1) is 19.1. The van der Waals surface area contributed by atoms with Crippen molar-refractivity contribution in [3.63, 3.8) is 0 Å². The van der Waals surface area contributed by atoms with Crippen LogP contribution in [0.25, 0.3) is 11.4 Å². The second-order valence-corrected chi connectivity index (χ2v) is 9.22. The van der Waals surface area contributed by atoms with Gasteiger partial charge in [0.2, 0.25) is 0 Å². The topological polar surface area (TPSA) is 115 Å². The highest BCUT2D eigenvalue weighted by atomic mass is 35.5. The average Bonchev–Trinajstić information content (AvgIpc) is 3.64.